The maximum atomic E-state index is 6.09. The molecule has 1 fully saturated rings. The molecular formula is C15H24ClN3. The molecule has 1 N–H and O–H groups in total. The highest BCUT2D eigenvalue weighted by molar-refractivity contribution is 6.29. The Labute approximate surface area is 121 Å². The number of hydrogen-bond acceptors (Lipinski definition) is 3. The number of nitrogens with zero attached hydrogens (tertiary/aromatic N) is 2. The third-order valence-electron chi connectivity index (χ3n) is 3.75. The Morgan fingerprint density at radius 2 is 2.00 bits per heavy atom. The van der Waals surface area contributed by atoms with Crippen molar-refractivity contribution in [3.8, 4) is 0 Å². The Bertz CT molecular complexity index is 447. The Morgan fingerprint density at radius 3 is 2.53 bits per heavy atom. The highest BCUT2D eigenvalue weighted by Crippen LogP contribution is 2.49. The van der Waals surface area contributed by atoms with Crippen molar-refractivity contribution in [2.24, 2.45) is 5.41 Å². The Kier molecular flexibility index (Phi) is 4.05. The second-order valence-electron chi connectivity index (χ2n) is 6.75. The summed E-state index contributed by atoms with van der Waals surface area (Å²) in [6, 6.07) is 1.82. The number of rotatable bonds is 5. The molecule has 19 heavy (non-hydrogen) atoms. The van der Waals surface area contributed by atoms with Gasteiger partial charge >= 0.3 is 0 Å². The lowest BCUT2D eigenvalue weighted by Gasteiger charge is -2.19. The fraction of sp³-hybridized carbons (Fsp3) is 0.733. The van der Waals surface area contributed by atoms with E-state index >= 15 is 0 Å². The summed E-state index contributed by atoms with van der Waals surface area (Å²) >= 11 is 6.09. The van der Waals surface area contributed by atoms with Crippen LogP contribution in [0.25, 0.3) is 0 Å². The zero-order chi connectivity index (χ0) is 14.1. The maximum absolute atomic E-state index is 6.09. The van der Waals surface area contributed by atoms with Crippen LogP contribution in [0.15, 0.2) is 6.07 Å². The second kappa shape index (κ2) is 5.28. The number of aromatic nitrogens is 2. The van der Waals surface area contributed by atoms with Gasteiger partial charge < -0.3 is 5.32 Å². The first-order chi connectivity index (χ1) is 8.85. The van der Waals surface area contributed by atoms with Crippen LogP contribution < -0.4 is 5.32 Å². The molecule has 4 heteroatoms. The zero-order valence-electron chi connectivity index (χ0n) is 12.4. The number of anilines is 1. The molecule has 0 spiro atoms. The van der Waals surface area contributed by atoms with Gasteiger partial charge in [-0.2, -0.15) is 0 Å². The summed E-state index contributed by atoms with van der Waals surface area (Å²) in [5.41, 5.74) is 0.427. The molecule has 1 saturated carbocycles. The molecule has 1 heterocycles. The Morgan fingerprint density at radius 1 is 1.32 bits per heavy atom. The van der Waals surface area contributed by atoms with Gasteiger partial charge in [0, 0.05) is 18.0 Å². The van der Waals surface area contributed by atoms with E-state index in [1.54, 1.807) is 0 Å². The van der Waals surface area contributed by atoms with E-state index in [1.165, 1.54) is 25.7 Å². The first kappa shape index (κ1) is 14.6. The van der Waals surface area contributed by atoms with Crippen molar-refractivity contribution in [2.45, 2.75) is 58.8 Å². The Hall–Kier alpha value is -0.830. The number of hydrogen-bond donors (Lipinski definition) is 1. The molecule has 0 aliphatic heterocycles. The van der Waals surface area contributed by atoms with Crippen LogP contribution in [0.4, 0.5) is 5.82 Å². The van der Waals surface area contributed by atoms with Gasteiger partial charge in [0.25, 0.3) is 0 Å². The first-order valence-corrected chi connectivity index (χ1v) is 7.51. The van der Waals surface area contributed by atoms with Crippen LogP contribution in [0.1, 0.15) is 59.2 Å². The van der Waals surface area contributed by atoms with E-state index in [9.17, 15) is 0 Å². The monoisotopic (exact) mass is 281 g/mol. The zero-order valence-corrected chi connectivity index (χ0v) is 13.1. The lowest BCUT2D eigenvalue weighted by Crippen LogP contribution is -2.20. The van der Waals surface area contributed by atoms with Crippen molar-refractivity contribution in [1.82, 2.24) is 9.97 Å². The predicted octanol–water partition coefficient (Wildman–Crippen LogP) is 4.42. The average molecular weight is 282 g/mol. The predicted molar refractivity (Wildman–Crippen MR) is 80.8 cm³/mol. The second-order valence-corrected chi connectivity index (χ2v) is 7.14. The van der Waals surface area contributed by atoms with Gasteiger partial charge in [-0.15, -0.1) is 0 Å². The molecule has 1 aliphatic rings. The third-order valence-corrected chi connectivity index (χ3v) is 3.94. The van der Waals surface area contributed by atoms with Gasteiger partial charge in [-0.05, 0) is 24.7 Å². The van der Waals surface area contributed by atoms with Gasteiger partial charge in [-0.1, -0.05) is 45.7 Å². The first-order valence-electron chi connectivity index (χ1n) is 7.14. The van der Waals surface area contributed by atoms with Crippen LogP contribution in [0.5, 0.6) is 0 Å². The van der Waals surface area contributed by atoms with Gasteiger partial charge in [0.15, 0.2) is 0 Å². The topological polar surface area (TPSA) is 37.8 Å². The normalized spacial score (nSPS) is 17.3. The summed E-state index contributed by atoms with van der Waals surface area (Å²) in [4.78, 5) is 8.90. The molecule has 0 amide bonds. The fourth-order valence-electron chi connectivity index (χ4n) is 2.34. The summed E-state index contributed by atoms with van der Waals surface area (Å²) < 4.78 is 0. The van der Waals surface area contributed by atoms with Crippen molar-refractivity contribution in [3.63, 3.8) is 0 Å². The minimum Gasteiger partial charge on any atom is -0.369 e. The van der Waals surface area contributed by atoms with Crippen LogP contribution in [0, 0.1) is 5.41 Å². The summed E-state index contributed by atoms with van der Waals surface area (Å²) in [6.07, 6.45) is 5.21. The molecule has 1 aromatic rings. The molecule has 106 valence electrons. The fourth-order valence-corrected chi connectivity index (χ4v) is 2.53. The van der Waals surface area contributed by atoms with Crippen molar-refractivity contribution in [1.29, 1.82) is 0 Å². The van der Waals surface area contributed by atoms with E-state index in [2.05, 4.69) is 43.0 Å². The van der Waals surface area contributed by atoms with Gasteiger partial charge in [-0.3, -0.25) is 0 Å². The molecule has 2 rings (SSSR count). The molecule has 0 unspecified atom stereocenters. The largest absolute Gasteiger partial charge is 0.369 e. The van der Waals surface area contributed by atoms with Crippen LogP contribution in [-0.4, -0.2) is 16.5 Å². The van der Waals surface area contributed by atoms with Crippen LogP contribution in [-0.2, 0) is 5.41 Å². The van der Waals surface area contributed by atoms with Gasteiger partial charge in [0.1, 0.15) is 16.8 Å². The third kappa shape index (κ3) is 3.82. The van der Waals surface area contributed by atoms with Crippen LogP contribution in [0.2, 0.25) is 5.15 Å². The van der Waals surface area contributed by atoms with E-state index in [0.29, 0.717) is 10.6 Å². The van der Waals surface area contributed by atoms with E-state index in [4.69, 9.17) is 11.6 Å². The van der Waals surface area contributed by atoms with Crippen molar-refractivity contribution < 1.29 is 0 Å². The van der Waals surface area contributed by atoms with Gasteiger partial charge in [0.05, 0.1) is 0 Å². The van der Waals surface area contributed by atoms with Crippen molar-refractivity contribution in [3.05, 3.63) is 17.0 Å². The average Bonchev–Trinajstić information content (AvgIpc) is 3.06. The summed E-state index contributed by atoms with van der Waals surface area (Å²) in [7, 11) is 0. The lowest BCUT2D eigenvalue weighted by molar-refractivity contribution is 0.484. The SMILES string of the molecule is CCCC1(CNc2cc(Cl)nc(C(C)(C)C)n2)CC1. The quantitative estimate of drug-likeness (QED) is 0.812. The highest BCUT2D eigenvalue weighted by atomic mass is 35.5. The molecule has 3 nitrogen and oxygen atoms in total. The molecule has 0 saturated heterocycles. The van der Waals surface area contributed by atoms with E-state index < -0.39 is 0 Å². The Balaban J connectivity index is 2.06. The molecule has 1 aliphatic carbocycles. The van der Waals surface area contributed by atoms with Crippen LogP contribution >= 0.6 is 11.6 Å². The minimum absolute atomic E-state index is 0.0813. The van der Waals surface area contributed by atoms with Gasteiger partial charge in [-0.25, -0.2) is 9.97 Å². The van der Waals surface area contributed by atoms with Gasteiger partial charge in [0.2, 0.25) is 0 Å². The molecule has 0 atom stereocenters. The maximum Gasteiger partial charge on any atom is 0.137 e. The van der Waals surface area contributed by atoms with E-state index in [0.717, 1.165) is 18.2 Å². The molecule has 0 bridgehead atoms. The van der Waals surface area contributed by atoms with Crippen molar-refractivity contribution in [2.75, 3.05) is 11.9 Å². The van der Waals surface area contributed by atoms with Crippen molar-refractivity contribution >= 4 is 17.4 Å². The van der Waals surface area contributed by atoms with Crippen LogP contribution in [0.3, 0.4) is 0 Å². The molecular weight excluding hydrogens is 258 g/mol. The highest BCUT2D eigenvalue weighted by Gasteiger charge is 2.41. The summed E-state index contributed by atoms with van der Waals surface area (Å²) in [6.45, 7) is 9.54. The molecule has 1 aromatic heterocycles. The smallest absolute Gasteiger partial charge is 0.137 e. The molecule has 0 aromatic carbocycles. The number of halogens is 1. The van der Waals surface area contributed by atoms with E-state index in [1.807, 2.05) is 6.07 Å². The van der Waals surface area contributed by atoms with E-state index in [-0.39, 0.29) is 5.41 Å². The summed E-state index contributed by atoms with van der Waals surface area (Å²) in [5, 5.41) is 3.97. The minimum atomic E-state index is -0.0813. The molecule has 0 radical (unpaired) electrons. The summed E-state index contributed by atoms with van der Waals surface area (Å²) in [5.74, 6) is 1.65. The number of nitrogens with one attached hydrogen (secondary N) is 1. The lowest BCUT2D eigenvalue weighted by atomic mass is 9.96. The standard InChI is InChI=1S/C15H24ClN3/c1-5-6-15(7-8-15)10-17-12-9-11(16)18-13(19-12)14(2,3)4/h9H,5-8,10H2,1-4H3,(H,17,18,19).